The molecule has 0 saturated carbocycles. The van der Waals surface area contributed by atoms with E-state index in [2.05, 4.69) is 36.3 Å². The van der Waals surface area contributed by atoms with E-state index >= 15 is 0 Å². The van der Waals surface area contributed by atoms with E-state index in [9.17, 15) is 4.39 Å². The van der Waals surface area contributed by atoms with Crippen LogP contribution in [-0.2, 0) is 6.54 Å². The monoisotopic (exact) mass is 288 g/mol. The summed E-state index contributed by atoms with van der Waals surface area (Å²) in [6.07, 6.45) is 0. The SMILES string of the molecule is COc1ccc([C@@H](NCc2cccc(F)n2)C(C)C)cc1. The molecule has 0 bridgehead atoms. The molecule has 0 aliphatic heterocycles. The highest BCUT2D eigenvalue weighted by molar-refractivity contribution is 5.29. The first-order valence-electron chi connectivity index (χ1n) is 7.09. The molecule has 0 aliphatic carbocycles. The molecule has 1 atom stereocenters. The van der Waals surface area contributed by atoms with E-state index in [0.717, 1.165) is 5.75 Å². The third-order valence-electron chi connectivity index (χ3n) is 3.42. The summed E-state index contributed by atoms with van der Waals surface area (Å²) in [6, 6.07) is 13.0. The number of ether oxygens (including phenoxy) is 1. The standard InChI is InChI=1S/C17H21FN2O/c1-12(2)17(13-7-9-15(21-3)10-8-13)19-11-14-5-4-6-16(18)20-14/h4-10,12,17,19H,11H2,1-3H3/t17-/m0/s1. The van der Waals surface area contributed by atoms with E-state index in [1.165, 1.54) is 11.6 Å². The van der Waals surface area contributed by atoms with Gasteiger partial charge in [0, 0.05) is 12.6 Å². The van der Waals surface area contributed by atoms with Crippen LogP contribution in [0.2, 0.25) is 0 Å². The molecule has 0 amide bonds. The van der Waals surface area contributed by atoms with E-state index in [0.29, 0.717) is 18.2 Å². The lowest BCUT2D eigenvalue weighted by atomic mass is 9.96. The van der Waals surface area contributed by atoms with Crippen LogP contribution in [0.4, 0.5) is 4.39 Å². The molecule has 2 aromatic rings. The van der Waals surface area contributed by atoms with Gasteiger partial charge in [-0.3, -0.25) is 0 Å². The zero-order chi connectivity index (χ0) is 15.2. The van der Waals surface area contributed by atoms with Crippen LogP contribution >= 0.6 is 0 Å². The topological polar surface area (TPSA) is 34.1 Å². The van der Waals surface area contributed by atoms with Gasteiger partial charge in [0.25, 0.3) is 0 Å². The van der Waals surface area contributed by atoms with E-state index in [1.807, 2.05) is 18.2 Å². The van der Waals surface area contributed by atoms with Crippen LogP contribution in [0, 0.1) is 11.9 Å². The van der Waals surface area contributed by atoms with Gasteiger partial charge in [0.15, 0.2) is 0 Å². The Bertz CT molecular complexity index is 569. The van der Waals surface area contributed by atoms with Crippen molar-refractivity contribution in [2.75, 3.05) is 7.11 Å². The molecular weight excluding hydrogens is 267 g/mol. The van der Waals surface area contributed by atoms with Gasteiger partial charge in [-0.15, -0.1) is 0 Å². The zero-order valence-electron chi connectivity index (χ0n) is 12.6. The minimum atomic E-state index is -0.445. The van der Waals surface area contributed by atoms with Crippen molar-refractivity contribution in [3.05, 3.63) is 59.7 Å². The average Bonchev–Trinajstić information content (AvgIpc) is 2.48. The highest BCUT2D eigenvalue weighted by atomic mass is 19.1. The van der Waals surface area contributed by atoms with Crippen molar-refractivity contribution in [2.45, 2.75) is 26.4 Å². The number of halogens is 1. The summed E-state index contributed by atoms with van der Waals surface area (Å²) in [5, 5.41) is 3.45. The summed E-state index contributed by atoms with van der Waals surface area (Å²) >= 11 is 0. The Kier molecular flexibility index (Phi) is 5.28. The van der Waals surface area contributed by atoms with E-state index in [4.69, 9.17) is 4.74 Å². The Morgan fingerprint density at radius 3 is 2.43 bits per heavy atom. The predicted octanol–water partition coefficient (Wildman–Crippen LogP) is 3.72. The molecule has 2 rings (SSSR count). The summed E-state index contributed by atoms with van der Waals surface area (Å²) in [5.74, 6) is 0.805. The number of hydrogen-bond donors (Lipinski definition) is 1. The lowest BCUT2D eigenvalue weighted by molar-refractivity contribution is 0.402. The maximum absolute atomic E-state index is 13.1. The number of aromatic nitrogens is 1. The molecule has 0 unspecified atom stereocenters. The van der Waals surface area contributed by atoms with Gasteiger partial charge in [0.05, 0.1) is 12.8 Å². The first-order chi connectivity index (χ1) is 10.1. The lowest BCUT2D eigenvalue weighted by Gasteiger charge is -2.23. The molecule has 21 heavy (non-hydrogen) atoms. The maximum atomic E-state index is 13.1. The van der Waals surface area contributed by atoms with Crippen LogP contribution in [0.3, 0.4) is 0 Å². The highest BCUT2D eigenvalue weighted by Gasteiger charge is 2.15. The third-order valence-corrected chi connectivity index (χ3v) is 3.42. The Morgan fingerprint density at radius 2 is 1.86 bits per heavy atom. The number of hydrogen-bond acceptors (Lipinski definition) is 3. The first-order valence-corrected chi connectivity index (χ1v) is 7.09. The molecule has 1 N–H and O–H groups in total. The molecule has 0 saturated heterocycles. The summed E-state index contributed by atoms with van der Waals surface area (Å²) in [5.41, 5.74) is 1.89. The lowest BCUT2D eigenvalue weighted by Crippen LogP contribution is -2.25. The molecular formula is C17H21FN2O. The molecule has 0 aliphatic rings. The van der Waals surface area contributed by atoms with Gasteiger partial charge >= 0.3 is 0 Å². The van der Waals surface area contributed by atoms with Gasteiger partial charge < -0.3 is 10.1 Å². The average molecular weight is 288 g/mol. The van der Waals surface area contributed by atoms with Gasteiger partial charge in [-0.1, -0.05) is 32.0 Å². The largest absolute Gasteiger partial charge is 0.497 e. The number of nitrogens with one attached hydrogen (secondary N) is 1. The minimum absolute atomic E-state index is 0.181. The smallest absolute Gasteiger partial charge is 0.213 e. The first kappa shape index (κ1) is 15.4. The Balaban J connectivity index is 2.08. The van der Waals surface area contributed by atoms with Crippen molar-refractivity contribution in [3.63, 3.8) is 0 Å². The van der Waals surface area contributed by atoms with Crippen molar-refractivity contribution in [3.8, 4) is 5.75 Å². The normalized spacial score (nSPS) is 12.4. The molecule has 112 valence electrons. The number of pyridine rings is 1. The summed E-state index contributed by atoms with van der Waals surface area (Å²) < 4.78 is 18.3. The van der Waals surface area contributed by atoms with Crippen molar-refractivity contribution in [1.82, 2.24) is 10.3 Å². The fourth-order valence-electron chi connectivity index (χ4n) is 2.31. The van der Waals surface area contributed by atoms with Crippen LogP contribution in [0.25, 0.3) is 0 Å². The van der Waals surface area contributed by atoms with E-state index in [1.54, 1.807) is 13.2 Å². The molecule has 0 fully saturated rings. The highest BCUT2D eigenvalue weighted by Crippen LogP contribution is 2.24. The van der Waals surface area contributed by atoms with Crippen molar-refractivity contribution in [1.29, 1.82) is 0 Å². The van der Waals surface area contributed by atoms with Crippen LogP contribution in [0.1, 0.15) is 31.1 Å². The van der Waals surface area contributed by atoms with Crippen molar-refractivity contribution >= 4 is 0 Å². The molecule has 1 heterocycles. The zero-order valence-corrected chi connectivity index (χ0v) is 12.6. The van der Waals surface area contributed by atoms with Gasteiger partial charge in [-0.2, -0.15) is 4.39 Å². The second kappa shape index (κ2) is 7.18. The van der Waals surface area contributed by atoms with Gasteiger partial charge in [-0.25, -0.2) is 4.98 Å². The molecule has 3 nitrogen and oxygen atoms in total. The number of benzene rings is 1. The second-order valence-corrected chi connectivity index (χ2v) is 5.33. The van der Waals surface area contributed by atoms with Crippen molar-refractivity contribution < 1.29 is 9.13 Å². The fraction of sp³-hybridized carbons (Fsp3) is 0.353. The Labute approximate surface area is 125 Å². The Morgan fingerprint density at radius 1 is 1.14 bits per heavy atom. The van der Waals surface area contributed by atoms with Crippen LogP contribution in [0.5, 0.6) is 5.75 Å². The number of nitrogens with zero attached hydrogens (tertiary/aromatic N) is 1. The molecule has 1 aromatic heterocycles. The molecule has 1 aromatic carbocycles. The summed E-state index contributed by atoms with van der Waals surface area (Å²) in [6.45, 7) is 4.84. The quantitative estimate of drug-likeness (QED) is 0.823. The minimum Gasteiger partial charge on any atom is -0.497 e. The Hall–Kier alpha value is -1.94. The van der Waals surface area contributed by atoms with Crippen LogP contribution in [0.15, 0.2) is 42.5 Å². The summed E-state index contributed by atoms with van der Waals surface area (Å²) in [7, 11) is 1.66. The molecule has 4 heteroatoms. The van der Waals surface area contributed by atoms with E-state index in [-0.39, 0.29) is 6.04 Å². The van der Waals surface area contributed by atoms with Gasteiger partial charge in [0.2, 0.25) is 5.95 Å². The van der Waals surface area contributed by atoms with Gasteiger partial charge in [0.1, 0.15) is 5.75 Å². The second-order valence-electron chi connectivity index (χ2n) is 5.33. The number of methoxy groups -OCH3 is 1. The van der Waals surface area contributed by atoms with Crippen LogP contribution < -0.4 is 10.1 Å². The van der Waals surface area contributed by atoms with E-state index < -0.39 is 5.95 Å². The van der Waals surface area contributed by atoms with Gasteiger partial charge in [-0.05, 0) is 35.7 Å². The molecule has 0 spiro atoms. The molecule has 0 radical (unpaired) electrons. The maximum Gasteiger partial charge on any atom is 0.213 e. The predicted molar refractivity (Wildman–Crippen MR) is 81.6 cm³/mol. The van der Waals surface area contributed by atoms with Crippen molar-refractivity contribution in [2.24, 2.45) is 5.92 Å². The fourth-order valence-corrected chi connectivity index (χ4v) is 2.31. The summed E-state index contributed by atoms with van der Waals surface area (Å²) in [4.78, 5) is 3.88. The third kappa shape index (κ3) is 4.26. The number of rotatable bonds is 6. The van der Waals surface area contributed by atoms with Crippen LogP contribution in [-0.4, -0.2) is 12.1 Å².